The van der Waals surface area contributed by atoms with E-state index in [4.69, 9.17) is 4.99 Å². The summed E-state index contributed by atoms with van der Waals surface area (Å²) in [5.74, 6) is 0.952. The van der Waals surface area contributed by atoms with E-state index in [9.17, 15) is 0 Å². The Kier molecular flexibility index (Phi) is 6.81. The zero-order valence-corrected chi connectivity index (χ0v) is 27.6. The summed E-state index contributed by atoms with van der Waals surface area (Å²) in [4.78, 5) is 4.97. The average Bonchev–Trinajstić information content (AvgIpc) is 3.70. The Balaban J connectivity index is 1.16. The van der Waals surface area contributed by atoms with Crippen molar-refractivity contribution in [3.05, 3.63) is 173 Å². The van der Waals surface area contributed by atoms with E-state index >= 15 is 0 Å². The minimum absolute atomic E-state index is 0.0790. The van der Waals surface area contributed by atoms with Gasteiger partial charge in [-0.2, -0.15) is 0 Å². The molecule has 2 aromatic heterocycles. The third-order valence-electron chi connectivity index (χ3n) is 10.3. The molecule has 2 unspecified atom stereocenters. The fraction of sp³-hybridized carbons (Fsp3) is 0.114. The van der Waals surface area contributed by atoms with Crippen LogP contribution in [0.2, 0.25) is 0 Å². The molecule has 0 saturated carbocycles. The minimum atomic E-state index is -0.0790. The zero-order valence-electron chi connectivity index (χ0n) is 27.6. The van der Waals surface area contributed by atoms with Crippen molar-refractivity contribution in [2.45, 2.75) is 25.2 Å². The number of allylic oxidation sites excluding steroid dienone is 3. The largest absolute Gasteiger partial charge is 0.352 e. The van der Waals surface area contributed by atoms with Crippen LogP contribution in [0, 0.1) is 0 Å². The number of hydrogen-bond acceptors (Lipinski definition) is 4. The average molecular weight is 649 g/mol. The first-order valence-electron chi connectivity index (χ1n) is 17.5. The van der Waals surface area contributed by atoms with Crippen LogP contribution in [0.15, 0.2) is 156 Å². The van der Waals surface area contributed by atoms with E-state index in [0.29, 0.717) is 6.54 Å². The van der Waals surface area contributed by atoms with E-state index < -0.39 is 0 Å². The fourth-order valence-corrected chi connectivity index (χ4v) is 8.03. The summed E-state index contributed by atoms with van der Waals surface area (Å²) >= 11 is 0. The van der Waals surface area contributed by atoms with Gasteiger partial charge in [-0.15, -0.1) is 0 Å². The van der Waals surface area contributed by atoms with Crippen molar-refractivity contribution < 1.29 is 0 Å². The second-order valence-corrected chi connectivity index (χ2v) is 13.3. The lowest BCUT2D eigenvalue weighted by Crippen LogP contribution is -2.51. The monoisotopic (exact) mass is 648 g/mol. The summed E-state index contributed by atoms with van der Waals surface area (Å²) in [5.41, 5.74) is 12.1. The molecule has 3 N–H and O–H groups in total. The first-order chi connectivity index (χ1) is 24.8. The van der Waals surface area contributed by atoms with Crippen LogP contribution < -0.4 is 16.0 Å². The molecule has 1 aliphatic carbocycles. The van der Waals surface area contributed by atoms with Gasteiger partial charge in [0.05, 0.1) is 23.1 Å². The van der Waals surface area contributed by atoms with E-state index in [0.717, 1.165) is 29.9 Å². The zero-order chi connectivity index (χ0) is 33.0. The number of fused-ring (bicyclic) bond motifs is 6. The molecule has 0 bridgehead atoms. The van der Waals surface area contributed by atoms with Gasteiger partial charge < -0.3 is 19.8 Å². The molecular weight excluding hydrogens is 613 g/mol. The van der Waals surface area contributed by atoms with Crippen LogP contribution in [0.4, 0.5) is 0 Å². The molecule has 6 nitrogen and oxygen atoms in total. The van der Waals surface area contributed by atoms with E-state index in [1.54, 1.807) is 0 Å². The number of benzene rings is 5. The Labute approximate surface area is 290 Å². The molecule has 4 heterocycles. The van der Waals surface area contributed by atoms with Crippen LogP contribution >= 0.6 is 0 Å². The lowest BCUT2D eigenvalue weighted by molar-refractivity contribution is 0.310. The summed E-state index contributed by atoms with van der Waals surface area (Å²) < 4.78 is 4.91. The second-order valence-electron chi connectivity index (χ2n) is 13.3. The van der Waals surface area contributed by atoms with Crippen LogP contribution in [0.3, 0.4) is 0 Å². The smallest absolute Gasteiger partial charge is 0.111 e. The summed E-state index contributed by atoms with van der Waals surface area (Å²) in [5, 5.41) is 15.1. The standard InChI is InChI=1S/C44H36N6/c1-4-14-29(15-5-1)42-46-43(30-16-6-2-7-17-30)48-44(47-42)31-24-33(28-45-27-31)50-39-23-13-11-21-35(39)37-25-36-34-20-10-12-22-38(34)49(40(36)26-41(37)50)32-18-8-3-9-19-32/h1-11,13-21,23-27,42-43,46-48H,12,22,28H2. The molecule has 2 aliphatic heterocycles. The Hall–Kier alpha value is -6.11. The highest BCUT2D eigenvalue weighted by molar-refractivity contribution is 6.15. The number of nitrogens with zero attached hydrogens (tertiary/aromatic N) is 3. The molecule has 7 aromatic rings. The van der Waals surface area contributed by atoms with Crippen LogP contribution in [0.5, 0.6) is 0 Å². The molecule has 6 heteroatoms. The predicted octanol–water partition coefficient (Wildman–Crippen LogP) is 9.01. The topological polar surface area (TPSA) is 58.3 Å². The maximum Gasteiger partial charge on any atom is 0.111 e. The Bertz CT molecular complexity index is 2480. The maximum atomic E-state index is 4.97. The first kappa shape index (κ1) is 28.9. The molecule has 3 aliphatic rings. The van der Waals surface area contributed by atoms with Gasteiger partial charge in [0.2, 0.25) is 0 Å². The van der Waals surface area contributed by atoms with Gasteiger partial charge in [0.15, 0.2) is 0 Å². The number of dihydropyridines is 1. The summed E-state index contributed by atoms with van der Waals surface area (Å²) in [6.07, 6.45) is 10.9. The van der Waals surface area contributed by atoms with Crippen molar-refractivity contribution in [2.24, 2.45) is 4.99 Å². The van der Waals surface area contributed by atoms with Gasteiger partial charge in [-0.3, -0.25) is 10.3 Å². The van der Waals surface area contributed by atoms with Gasteiger partial charge in [-0.25, -0.2) is 0 Å². The lowest BCUT2D eigenvalue weighted by atomic mass is 10.0. The SMILES string of the molecule is C1=Cc2c(n(-c3ccccc3)c3cc4c(cc23)c2ccccc2n4C2=CC(=C3NC(c4ccccc4)NC(c4ccccc4)N3)C=NC2)CC1. The molecule has 2 atom stereocenters. The number of nitrogens with one attached hydrogen (secondary N) is 3. The first-order valence-corrected chi connectivity index (χ1v) is 17.5. The molecule has 10 rings (SSSR count). The molecule has 0 amide bonds. The van der Waals surface area contributed by atoms with E-state index in [1.165, 1.54) is 60.8 Å². The quantitative estimate of drug-likeness (QED) is 0.179. The molecule has 0 spiro atoms. The highest BCUT2D eigenvalue weighted by Gasteiger charge is 2.28. The van der Waals surface area contributed by atoms with Crippen molar-refractivity contribution in [3.8, 4) is 5.69 Å². The predicted molar refractivity (Wildman–Crippen MR) is 206 cm³/mol. The highest BCUT2D eigenvalue weighted by atomic mass is 15.3. The number of aromatic nitrogens is 2. The summed E-state index contributed by atoms with van der Waals surface area (Å²) in [6.45, 7) is 0.587. The molecule has 5 aromatic carbocycles. The molecule has 0 radical (unpaired) electrons. The minimum Gasteiger partial charge on any atom is -0.352 e. The Morgan fingerprint density at radius 1 is 0.620 bits per heavy atom. The third-order valence-corrected chi connectivity index (χ3v) is 10.3. The normalized spacial score (nSPS) is 18.7. The van der Waals surface area contributed by atoms with Crippen molar-refractivity contribution in [3.63, 3.8) is 0 Å². The van der Waals surface area contributed by atoms with Gasteiger partial charge in [0.1, 0.15) is 18.2 Å². The summed E-state index contributed by atoms with van der Waals surface area (Å²) in [7, 11) is 0. The Morgan fingerprint density at radius 3 is 2.02 bits per heavy atom. The fourth-order valence-electron chi connectivity index (χ4n) is 8.03. The van der Waals surface area contributed by atoms with Crippen molar-refractivity contribution >= 4 is 50.7 Å². The lowest BCUT2D eigenvalue weighted by Gasteiger charge is -2.37. The summed E-state index contributed by atoms with van der Waals surface area (Å²) in [6, 6.07) is 45.5. The Morgan fingerprint density at radius 2 is 1.28 bits per heavy atom. The number of rotatable bonds is 4. The second kappa shape index (κ2) is 11.8. The van der Waals surface area contributed by atoms with Crippen molar-refractivity contribution in [2.75, 3.05) is 6.54 Å². The van der Waals surface area contributed by atoms with Gasteiger partial charge in [0, 0.05) is 50.6 Å². The van der Waals surface area contributed by atoms with Gasteiger partial charge in [0.25, 0.3) is 0 Å². The van der Waals surface area contributed by atoms with Crippen molar-refractivity contribution in [1.82, 2.24) is 25.1 Å². The van der Waals surface area contributed by atoms with Crippen LogP contribution in [0.25, 0.3) is 50.2 Å². The molecule has 1 fully saturated rings. The number of hydrogen-bond donors (Lipinski definition) is 3. The van der Waals surface area contributed by atoms with Crippen molar-refractivity contribution in [1.29, 1.82) is 0 Å². The van der Waals surface area contributed by atoms with Gasteiger partial charge in [-0.05, 0) is 60.4 Å². The number of aliphatic imine (C=N–C) groups is 1. The van der Waals surface area contributed by atoms with E-state index in [-0.39, 0.29) is 12.3 Å². The van der Waals surface area contributed by atoms with E-state index in [1.807, 2.05) is 6.21 Å². The third kappa shape index (κ3) is 4.71. The highest BCUT2D eigenvalue weighted by Crippen LogP contribution is 2.40. The van der Waals surface area contributed by atoms with Gasteiger partial charge >= 0.3 is 0 Å². The molecular formula is C44H36N6. The molecule has 50 heavy (non-hydrogen) atoms. The molecule has 1 saturated heterocycles. The number of para-hydroxylation sites is 2. The molecule has 242 valence electrons. The van der Waals surface area contributed by atoms with Gasteiger partial charge in [-0.1, -0.05) is 109 Å². The van der Waals surface area contributed by atoms with Crippen LogP contribution in [-0.2, 0) is 6.42 Å². The van der Waals surface area contributed by atoms with Crippen LogP contribution in [-0.4, -0.2) is 21.9 Å². The van der Waals surface area contributed by atoms with Crippen LogP contribution in [0.1, 0.15) is 41.1 Å². The maximum absolute atomic E-state index is 4.97. The van der Waals surface area contributed by atoms with E-state index in [2.05, 4.69) is 171 Å².